The van der Waals surface area contributed by atoms with Crippen LogP contribution in [0.25, 0.3) is 0 Å². The van der Waals surface area contributed by atoms with Crippen molar-refractivity contribution >= 4 is 30.5 Å². The Labute approximate surface area is 202 Å². The molecule has 4 N–H and O–H groups in total. The van der Waals surface area contributed by atoms with Crippen molar-refractivity contribution < 1.29 is 18.8 Å². The lowest BCUT2D eigenvalue weighted by Crippen LogP contribution is -2.41. The molecule has 184 valence electrons. The molecule has 0 radical (unpaired) electrons. The van der Waals surface area contributed by atoms with Crippen molar-refractivity contribution in [1.82, 2.24) is 5.01 Å². The van der Waals surface area contributed by atoms with Crippen LogP contribution < -0.4 is 22.0 Å². The number of benzene rings is 1. The number of ether oxygens (including phenoxy) is 1. The lowest BCUT2D eigenvalue weighted by molar-refractivity contribution is -0.135. The third-order valence-corrected chi connectivity index (χ3v) is 6.61. The van der Waals surface area contributed by atoms with Gasteiger partial charge >= 0.3 is 13.1 Å². The summed E-state index contributed by atoms with van der Waals surface area (Å²) in [5.74, 6) is 5.68. The monoisotopic (exact) mass is 469 g/mol. The number of hydrogen-bond donors (Lipinski definition) is 2. The van der Waals surface area contributed by atoms with Gasteiger partial charge in [-0.25, -0.2) is 10.6 Å². The summed E-state index contributed by atoms with van der Waals surface area (Å²) >= 11 is 0. The SMILES string of the molecule is C=C(/C=N\N(CC1CC1/C(N)=C/N(C)N)c1cccc(B2OC(C)(C)C(C)(C)O2)c1)C(=O)OC. The van der Waals surface area contributed by atoms with Crippen molar-refractivity contribution in [2.24, 2.45) is 28.5 Å². The molecule has 1 saturated carbocycles. The standard InChI is InChI=1S/C24H36BN5O4/c1-16(22(31)32-7)13-28-30(14-17-11-20(17)21(26)15-29(6)27)19-10-8-9-18(12-19)25-33-23(2,3)24(4,5)34-25/h8-10,12-13,15,17,20H,1,11,14,26-27H2,2-7H3/b21-15-,28-13-. The second-order valence-electron chi connectivity index (χ2n) is 9.92. The number of rotatable bonds is 9. The number of carbonyl (C=O) groups excluding carboxylic acids is 1. The molecule has 1 aromatic carbocycles. The predicted octanol–water partition coefficient (Wildman–Crippen LogP) is 1.75. The lowest BCUT2D eigenvalue weighted by Gasteiger charge is -2.32. The zero-order valence-corrected chi connectivity index (χ0v) is 20.9. The van der Waals surface area contributed by atoms with E-state index >= 15 is 0 Å². The molecule has 0 bridgehead atoms. The molecule has 2 atom stereocenters. The fourth-order valence-corrected chi connectivity index (χ4v) is 3.76. The van der Waals surface area contributed by atoms with E-state index in [0.29, 0.717) is 12.5 Å². The Morgan fingerprint density at radius 1 is 1.32 bits per heavy atom. The van der Waals surface area contributed by atoms with Gasteiger partial charge in [0.15, 0.2) is 0 Å². The van der Waals surface area contributed by atoms with E-state index in [-0.39, 0.29) is 11.5 Å². The molecule has 1 saturated heterocycles. The van der Waals surface area contributed by atoms with E-state index in [1.807, 2.05) is 57.0 Å². The fourth-order valence-electron chi connectivity index (χ4n) is 3.76. The van der Waals surface area contributed by atoms with Crippen LogP contribution >= 0.6 is 0 Å². The molecule has 0 spiro atoms. The molecule has 2 fully saturated rings. The van der Waals surface area contributed by atoms with E-state index in [9.17, 15) is 4.79 Å². The summed E-state index contributed by atoms with van der Waals surface area (Å²) in [6, 6.07) is 7.86. The van der Waals surface area contributed by atoms with Gasteiger partial charge in [0, 0.05) is 31.4 Å². The second kappa shape index (κ2) is 9.81. The first kappa shape index (κ1) is 25.8. The van der Waals surface area contributed by atoms with Gasteiger partial charge in [-0.2, -0.15) is 5.10 Å². The third kappa shape index (κ3) is 5.81. The van der Waals surface area contributed by atoms with Crippen LogP contribution in [0.2, 0.25) is 0 Å². The summed E-state index contributed by atoms with van der Waals surface area (Å²) in [6.45, 7) is 12.4. The fraction of sp³-hybridized carbons (Fsp3) is 0.500. The Balaban J connectivity index is 1.84. The molecule has 0 aromatic heterocycles. The highest BCUT2D eigenvalue weighted by Crippen LogP contribution is 2.43. The zero-order chi connectivity index (χ0) is 25.3. The minimum atomic E-state index is -0.530. The van der Waals surface area contributed by atoms with Crippen LogP contribution in [0.5, 0.6) is 0 Å². The molecule has 34 heavy (non-hydrogen) atoms. The van der Waals surface area contributed by atoms with Crippen LogP contribution in [0.4, 0.5) is 5.69 Å². The Kier molecular flexibility index (Phi) is 7.45. The number of anilines is 1. The van der Waals surface area contributed by atoms with Crippen LogP contribution in [0, 0.1) is 11.8 Å². The van der Waals surface area contributed by atoms with Gasteiger partial charge in [-0.1, -0.05) is 18.7 Å². The molecule has 2 unspecified atom stereocenters. The highest BCUT2D eigenvalue weighted by atomic mass is 16.7. The number of methoxy groups -OCH3 is 1. The molecular weight excluding hydrogens is 433 g/mol. The molecule has 10 heteroatoms. The van der Waals surface area contributed by atoms with E-state index in [0.717, 1.165) is 23.3 Å². The number of allylic oxidation sites excluding steroid dienone is 1. The number of hydrazine groups is 1. The van der Waals surface area contributed by atoms with Gasteiger partial charge in [-0.3, -0.25) is 5.01 Å². The number of esters is 1. The summed E-state index contributed by atoms with van der Waals surface area (Å²) in [5, 5.41) is 7.85. The lowest BCUT2D eigenvalue weighted by atomic mass is 9.79. The molecule has 1 aliphatic carbocycles. The van der Waals surface area contributed by atoms with Crippen molar-refractivity contribution in [3.63, 3.8) is 0 Å². The smallest absolute Gasteiger partial charge is 0.465 e. The summed E-state index contributed by atoms with van der Waals surface area (Å²) in [7, 11) is 2.56. The van der Waals surface area contributed by atoms with Gasteiger partial charge in [-0.15, -0.1) is 0 Å². The molecule has 1 aliphatic heterocycles. The average molecular weight is 469 g/mol. The van der Waals surface area contributed by atoms with Gasteiger partial charge in [0.25, 0.3) is 0 Å². The highest BCUT2D eigenvalue weighted by molar-refractivity contribution is 6.62. The zero-order valence-electron chi connectivity index (χ0n) is 20.9. The van der Waals surface area contributed by atoms with Crippen molar-refractivity contribution in [3.05, 3.63) is 48.3 Å². The van der Waals surface area contributed by atoms with Gasteiger partial charge in [0.05, 0.1) is 35.8 Å². The van der Waals surface area contributed by atoms with E-state index in [2.05, 4.69) is 11.7 Å². The van der Waals surface area contributed by atoms with Crippen LogP contribution in [0.1, 0.15) is 34.1 Å². The summed E-state index contributed by atoms with van der Waals surface area (Å²) < 4.78 is 17.2. The van der Waals surface area contributed by atoms with E-state index < -0.39 is 24.3 Å². The van der Waals surface area contributed by atoms with Gasteiger partial charge in [0.2, 0.25) is 0 Å². The number of nitrogens with zero attached hydrogens (tertiary/aromatic N) is 3. The molecule has 0 amide bonds. The van der Waals surface area contributed by atoms with Crippen LogP contribution in [0.15, 0.2) is 53.4 Å². The van der Waals surface area contributed by atoms with Crippen molar-refractivity contribution in [2.75, 3.05) is 25.7 Å². The van der Waals surface area contributed by atoms with Gasteiger partial charge < -0.3 is 24.8 Å². The Hall–Kier alpha value is -2.82. The normalized spacial score (nSPS) is 23.1. The summed E-state index contributed by atoms with van der Waals surface area (Å²) in [6.07, 6.45) is 4.07. The maximum atomic E-state index is 11.8. The van der Waals surface area contributed by atoms with E-state index in [1.54, 1.807) is 13.2 Å². The number of nitrogens with two attached hydrogens (primary N) is 2. The number of hydrazone groups is 1. The first-order chi connectivity index (χ1) is 15.8. The van der Waals surface area contributed by atoms with Gasteiger partial charge in [-0.05, 0) is 57.6 Å². The summed E-state index contributed by atoms with van der Waals surface area (Å²) in [5.41, 5.74) is 7.94. The Morgan fingerprint density at radius 3 is 2.56 bits per heavy atom. The van der Waals surface area contributed by atoms with Gasteiger partial charge in [0.1, 0.15) is 0 Å². The minimum absolute atomic E-state index is 0.158. The van der Waals surface area contributed by atoms with E-state index in [1.165, 1.54) is 18.3 Å². The van der Waals surface area contributed by atoms with E-state index in [4.69, 9.17) is 25.6 Å². The quantitative estimate of drug-likeness (QED) is 0.140. The molecule has 9 nitrogen and oxygen atoms in total. The minimum Gasteiger partial charge on any atom is -0.465 e. The maximum Gasteiger partial charge on any atom is 0.494 e. The number of hydrogen-bond acceptors (Lipinski definition) is 9. The van der Waals surface area contributed by atoms with Crippen molar-refractivity contribution in [3.8, 4) is 0 Å². The molecule has 3 rings (SSSR count). The molecule has 2 aliphatic rings. The van der Waals surface area contributed by atoms with Crippen LogP contribution in [-0.2, 0) is 18.8 Å². The molecule has 1 heterocycles. The van der Waals surface area contributed by atoms with Crippen LogP contribution in [0.3, 0.4) is 0 Å². The molecule has 1 aromatic rings. The second-order valence-corrected chi connectivity index (χ2v) is 9.92. The highest BCUT2D eigenvalue weighted by Gasteiger charge is 2.51. The summed E-state index contributed by atoms with van der Waals surface area (Å²) in [4.78, 5) is 11.8. The topological polar surface area (TPSA) is 116 Å². The van der Waals surface area contributed by atoms with Crippen molar-refractivity contribution in [2.45, 2.75) is 45.3 Å². The Morgan fingerprint density at radius 2 is 1.97 bits per heavy atom. The average Bonchev–Trinajstić information content (AvgIpc) is 3.49. The molecular formula is C24H36BN5O4. The first-order valence-electron chi connectivity index (χ1n) is 11.3. The first-order valence-corrected chi connectivity index (χ1v) is 11.3. The predicted molar refractivity (Wildman–Crippen MR) is 135 cm³/mol. The van der Waals surface area contributed by atoms with Crippen LogP contribution in [-0.4, -0.2) is 56.2 Å². The Bertz CT molecular complexity index is 975. The maximum absolute atomic E-state index is 11.8. The largest absolute Gasteiger partial charge is 0.494 e. The van der Waals surface area contributed by atoms with Crippen molar-refractivity contribution in [1.29, 1.82) is 0 Å². The number of carbonyl (C=O) groups is 1. The third-order valence-electron chi connectivity index (χ3n) is 6.61.